The van der Waals surface area contributed by atoms with E-state index >= 15 is 0 Å². The Bertz CT molecular complexity index is 1230. The van der Waals surface area contributed by atoms with Gasteiger partial charge in [-0.15, -0.1) is 15.3 Å². The number of nitrogen functional groups attached to an aromatic ring is 1. The largest absolute Gasteiger partial charge is 0.382 e. The number of azo groups is 1. The minimum absolute atomic E-state index is 0.113. The molecule has 0 saturated heterocycles. The van der Waals surface area contributed by atoms with Gasteiger partial charge in [0.25, 0.3) is 5.95 Å². The van der Waals surface area contributed by atoms with Crippen molar-refractivity contribution in [3.8, 4) is 5.69 Å². The van der Waals surface area contributed by atoms with Gasteiger partial charge in [0.1, 0.15) is 0 Å². The van der Waals surface area contributed by atoms with E-state index in [4.69, 9.17) is 10.8 Å². The van der Waals surface area contributed by atoms with Crippen LogP contribution in [-0.4, -0.2) is 30.5 Å². The fourth-order valence-electron chi connectivity index (χ4n) is 3.70. The van der Waals surface area contributed by atoms with Gasteiger partial charge < -0.3 is 5.73 Å². The molecule has 0 bridgehead atoms. The van der Waals surface area contributed by atoms with Crippen LogP contribution in [0.5, 0.6) is 0 Å². The summed E-state index contributed by atoms with van der Waals surface area (Å²) in [6.07, 6.45) is 0. The number of aryl methyl sites for hydroxylation is 3. The Morgan fingerprint density at radius 1 is 0.939 bits per heavy atom. The maximum absolute atomic E-state index is 12.1. The van der Waals surface area contributed by atoms with Crippen LogP contribution in [0.3, 0.4) is 0 Å². The van der Waals surface area contributed by atoms with Crippen molar-refractivity contribution in [1.29, 1.82) is 0 Å². The molecule has 0 radical (unpaired) electrons. The molecule has 9 heteroatoms. The van der Waals surface area contributed by atoms with E-state index in [0.29, 0.717) is 23.0 Å². The van der Waals surface area contributed by atoms with Crippen LogP contribution < -0.4 is 5.73 Å². The first-order chi connectivity index (χ1) is 15.1. The van der Waals surface area contributed by atoms with Gasteiger partial charge in [-0.05, 0) is 31.9 Å². The number of nitrogens with zero attached hydrogens (tertiary/aromatic N) is 7. The molecule has 0 fully saturated rings. The van der Waals surface area contributed by atoms with Gasteiger partial charge in [-0.25, -0.2) is 4.68 Å². The van der Waals surface area contributed by atoms with Crippen LogP contribution in [0.1, 0.15) is 81.5 Å². The number of hydrogen-bond donors (Lipinski definition) is 1. The van der Waals surface area contributed by atoms with E-state index in [1.807, 2.05) is 55.4 Å². The standard InChI is InChI=1S/C24H34N8O/c1-13-11-14(2)18(15(3)12-13)32-20(25)17(19(29-32)23(5,6)7)27-28-22-26-21(24(8,9)10)30-31(22)16(4)33/h11-12H,25H2,1-10H3. The molecule has 0 aliphatic carbocycles. The van der Waals surface area contributed by atoms with Crippen molar-refractivity contribution in [2.24, 2.45) is 10.2 Å². The summed E-state index contributed by atoms with van der Waals surface area (Å²) in [5.74, 6) is 0.709. The van der Waals surface area contributed by atoms with Crippen molar-refractivity contribution in [1.82, 2.24) is 24.5 Å². The van der Waals surface area contributed by atoms with Crippen LogP contribution >= 0.6 is 0 Å². The van der Waals surface area contributed by atoms with E-state index in [-0.39, 0.29) is 22.7 Å². The van der Waals surface area contributed by atoms with Gasteiger partial charge in [0.2, 0.25) is 5.91 Å². The molecule has 0 saturated carbocycles. The molecular weight excluding hydrogens is 416 g/mol. The van der Waals surface area contributed by atoms with Crippen LogP contribution in [-0.2, 0) is 10.8 Å². The lowest BCUT2D eigenvalue weighted by Crippen LogP contribution is -2.15. The number of anilines is 1. The normalized spacial score (nSPS) is 12.7. The highest BCUT2D eigenvalue weighted by molar-refractivity contribution is 5.77. The first-order valence-corrected chi connectivity index (χ1v) is 11.0. The van der Waals surface area contributed by atoms with E-state index in [2.05, 4.69) is 39.4 Å². The monoisotopic (exact) mass is 450 g/mol. The summed E-state index contributed by atoms with van der Waals surface area (Å²) in [6, 6.07) is 4.20. The van der Waals surface area contributed by atoms with Crippen molar-refractivity contribution in [2.75, 3.05) is 5.73 Å². The molecule has 1 aromatic carbocycles. The Balaban J connectivity index is 2.20. The molecule has 3 rings (SSSR count). The average molecular weight is 451 g/mol. The fraction of sp³-hybridized carbons (Fsp3) is 0.500. The first kappa shape index (κ1) is 24.3. The Morgan fingerprint density at radius 2 is 1.52 bits per heavy atom. The van der Waals surface area contributed by atoms with Crippen molar-refractivity contribution < 1.29 is 4.79 Å². The van der Waals surface area contributed by atoms with Gasteiger partial charge in [-0.3, -0.25) is 4.79 Å². The third-order valence-electron chi connectivity index (χ3n) is 5.25. The van der Waals surface area contributed by atoms with Gasteiger partial charge in [-0.2, -0.15) is 14.8 Å². The van der Waals surface area contributed by atoms with Crippen molar-refractivity contribution >= 4 is 23.4 Å². The van der Waals surface area contributed by atoms with Crippen LogP contribution in [0.2, 0.25) is 0 Å². The minimum atomic E-state index is -0.342. The van der Waals surface area contributed by atoms with Gasteiger partial charge in [-0.1, -0.05) is 59.2 Å². The molecule has 2 N–H and O–H groups in total. The molecule has 2 heterocycles. The highest BCUT2D eigenvalue weighted by Crippen LogP contribution is 2.39. The smallest absolute Gasteiger partial charge is 0.275 e. The maximum atomic E-state index is 12.1. The first-order valence-electron chi connectivity index (χ1n) is 11.0. The van der Waals surface area contributed by atoms with E-state index in [9.17, 15) is 4.79 Å². The van der Waals surface area contributed by atoms with E-state index < -0.39 is 0 Å². The number of rotatable bonds is 3. The zero-order valence-electron chi connectivity index (χ0n) is 21.3. The number of benzene rings is 1. The number of carbonyl (C=O) groups is 1. The van der Waals surface area contributed by atoms with Gasteiger partial charge in [0.15, 0.2) is 17.3 Å². The Morgan fingerprint density at radius 3 is 2.00 bits per heavy atom. The molecule has 0 atom stereocenters. The third kappa shape index (κ3) is 4.72. The van der Waals surface area contributed by atoms with E-state index in [1.54, 1.807) is 4.68 Å². The minimum Gasteiger partial charge on any atom is -0.382 e. The highest BCUT2D eigenvalue weighted by Gasteiger charge is 2.28. The second kappa shape index (κ2) is 8.20. The average Bonchev–Trinajstić information content (AvgIpc) is 3.21. The second-order valence-electron chi connectivity index (χ2n) is 10.6. The summed E-state index contributed by atoms with van der Waals surface area (Å²) in [5, 5.41) is 17.9. The molecular formula is C24H34N8O. The molecule has 176 valence electrons. The third-order valence-corrected chi connectivity index (χ3v) is 5.25. The maximum Gasteiger partial charge on any atom is 0.275 e. The van der Waals surface area contributed by atoms with Gasteiger partial charge in [0.05, 0.1) is 11.4 Å². The Kier molecular flexibility index (Phi) is 6.04. The number of aromatic nitrogens is 5. The second-order valence-corrected chi connectivity index (χ2v) is 10.6. The van der Waals surface area contributed by atoms with Gasteiger partial charge >= 0.3 is 0 Å². The Hall–Kier alpha value is -3.36. The summed E-state index contributed by atoms with van der Waals surface area (Å²) in [4.78, 5) is 16.6. The topological polar surface area (TPSA) is 116 Å². The highest BCUT2D eigenvalue weighted by atomic mass is 16.2. The Labute approximate surface area is 195 Å². The zero-order valence-corrected chi connectivity index (χ0v) is 21.3. The molecule has 2 aromatic heterocycles. The summed E-state index contributed by atoms with van der Waals surface area (Å²) in [5.41, 5.74) is 11.3. The molecule has 9 nitrogen and oxygen atoms in total. The SMILES string of the molecule is CC(=O)n1nc(C(C)(C)C)nc1N=Nc1c(C(C)(C)C)nn(-c2c(C)cc(C)cc2C)c1N. The van der Waals surface area contributed by atoms with Crippen LogP contribution in [0.15, 0.2) is 22.4 Å². The fourth-order valence-corrected chi connectivity index (χ4v) is 3.70. The molecule has 0 unspecified atom stereocenters. The molecule has 0 aliphatic heterocycles. The zero-order chi connectivity index (χ0) is 24.9. The lowest BCUT2D eigenvalue weighted by Gasteiger charge is -2.15. The summed E-state index contributed by atoms with van der Waals surface area (Å²) in [6.45, 7) is 19.6. The molecule has 0 spiro atoms. The predicted octanol–water partition coefficient (Wildman–Crippen LogP) is 5.64. The van der Waals surface area contributed by atoms with Crippen LogP contribution in [0, 0.1) is 20.8 Å². The van der Waals surface area contributed by atoms with Crippen molar-refractivity contribution in [3.63, 3.8) is 0 Å². The molecule has 3 aromatic rings. The number of nitrogens with two attached hydrogens (primary N) is 1. The lowest BCUT2D eigenvalue weighted by atomic mass is 9.91. The molecule has 33 heavy (non-hydrogen) atoms. The molecule has 0 aliphatic rings. The van der Waals surface area contributed by atoms with Gasteiger partial charge in [0, 0.05) is 17.8 Å². The van der Waals surface area contributed by atoms with Crippen LogP contribution in [0.4, 0.5) is 17.5 Å². The molecule has 0 amide bonds. The van der Waals surface area contributed by atoms with Crippen molar-refractivity contribution in [3.05, 3.63) is 40.3 Å². The lowest BCUT2D eigenvalue weighted by molar-refractivity contribution is 0.0922. The van der Waals surface area contributed by atoms with Crippen molar-refractivity contribution in [2.45, 2.75) is 80.1 Å². The van der Waals surface area contributed by atoms with E-state index in [0.717, 1.165) is 21.5 Å². The summed E-state index contributed by atoms with van der Waals surface area (Å²) < 4.78 is 2.89. The number of hydrogen-bond acceptors (Lipinski definition) is 7. The van der Waals surface area contributed by atoms with Crippen LogP contribution in [0.25, 0.3) is 5.69 Å². The summed E-state index contributed by atoms with van der Waals surface area (Å²) >= 11 is 0. The van der Waals surface area contributed by atoms with E-state index in [1.165, 1.54) is 12.5 Å². The number of carbonyl (C=O) groups excluding carboxylic acids is 1. The quantitative estimate of drug-likeness (QED) is 0.518. The summed E-state index contributed by atoms with van der Waals surface area (Å²) in [7, 11) is 0. The predicted molar refractivity (Wildman–Crippen MR) is 130 cm³/mol.